The van der Waals surface area contributed by atoms with Gasteiger partial charge in [-0.15, -0.1) is 0 Å². The van der Waals surface area contributed by atoms with E-state index in [1.807, 2.05) is 18.2 Å². The van der Waals surface area contributed by atoms with E-state index in [0.29, 0.717) is 11.2 Å². The van der Waals surface area contributed by atoms with E-state index in [2.05, 4.69) is 28.5 Å². The summed E-state index contributed by atoms with van der Waals surface area (Å²) in [4.78, 5) is 6.87. The van der Waals surface area contributed by atoms with E-state index in [-0.39, 0.29) is 4.90 Å². The molecule has 0 atom stereocenters. The van der Waals surface area contributed by atoms with Crippen molar-refractivity contribution in [1.29, 1.82) is 0 Å². The zero-order valence-corrected chi connectivity index (χ0v) is 15.1. The molecule has 0 radical (unpaired) electrons. The number of hydrogen-bond donors (Lipinski definition) is 1. The SMILES string of the molecule is CCN(CC)c1ccnc2c(NS(=O)(=O)c3ccccc3)cccc12. The van der Waals surface area contributed by atoms with Crippen molar-refractivity contribution in [3.63, 3.8) is 0 Å². The number of hydrogen-bond acceptors (Lipinski definition) is 4. The average Bonchev–Trinajstić information content (AvgIpc) is 2.64. The van der Waals surface area contributed by atoms with Crippen LogP contribution in [0.5, 0.6) is 0 Å². The molecule has 0 aliphatic carbocycles. The minimum absolute atomic E-state index is 0.229. The highest BCUT2D eigenvalue weighted by Gasteiger charge is 2.17. The van der Waals surface area contributed by atoms with Crippen molar-refractivity contribution < 1.29 is 8.42 Å². The molecule has 1 aromatic heterocycles. The fourth-order valence-electron chi connectivity index (χ4n) is 2.89. The van der Waals surface area contributed by atoms with Crippen LogP contribution in [0, 0.1) is 0 Å². The van der Waals surface area contributed by atoms with Crippen molar-refractivity contribution in [3.8, 4) is 0 Å². The molecule has 0 amide bonds. The molecule has 0 unspecified atom stereocenters. The Hall–Kier alpha value is -2.60. The second-order valence-corrected chi connectivity index (χ2v) is 7.31. The molecule has 5 nitrogen and oxygen atoms in total. The number of pyridine rings is 1. The standard InChI is InChI=1S/C19H21N3O2S/c1-3-22(4-2)18-13-14-20-19-16(18)11-8-12-17(19)21-25(23,24)15-9-6-5-7-10-15/h5-14,21H,3-4H2,1-2H3. The molecule has 1 heterocycles. The number of nitrogens with one attached hydrogen (secondary N) is 1. The summed E-state index contributed by atoms with van der Waals surface area (Å²) in [6, 6.07) is 15.9. The Labute approximate surface area is 148 Å². The third-order valence-electron chi connectivity index (χ3n) is 4.15. The highest BCUT2D eigenvalue weighted by molar-refractivity contribution is 7.92. The molecule has 0 aliphatic rings. The topological polar surface area (TPSA) is 62.3 Å². The van der Waals surface area contributed by atoms with E-state index < -0.39 is 10.0 Å². The van der Waals surface area contributed by atoms with Crippen molar-refractivity contribution in [2.45, 2.75) is 18.7 Å². The Bertz CT molecular complexity index is 968. The molecule has 2 aromatic carbocycles. The number of rotatable bonds is 6. The molecule has 25 heavy (non-hydrogen) atoms. The molecule has 0 fully saturated rings. The van der Waals surface area contributed by atoms with Crippen molar-refractivity contribution in [3.05, 3.63) is 60.8 Å². The number of fused-ring (bicyclic) bond motifs is 1. The van der Waals surface area contributed by atoms with Crippen molar-refractivity contribution >= 4 is 32.3 Å². The molecule has 0 saturated heterocycles. The van der Waals surface area contributed by atoms with Crippen LogP contribution in [-0.2, 0) is 10.0 Å². The smallest absolute Gasteiger partial charge is 0.261 e. The maximum atomic E-state index is 12.6. The quantitative estimate of drug-likeness (QED) is 0.729. The molecule has 130 valence electrons. The summed E-state index contributed by atoms with van der Waals surface area (Å²) >= 11 is 0. The van der Waals surface area contributed by atoms with Crippen molar-refractivity contribution in [1.82, 2.24) is 4.98 Å². The van der Waals surface area contributed by atoms with E-state index >= 15 is 0 Å². The summed E-state index contributed by atoms with van der Waals surface area (Å²) < 4.78 is 27.9. The fourth-order valence-corrected chi connectivity index (χ4v) is 3.97. The summed E-state index contributed by atoms with van der Waals surface area (Å²) in [6.45, 7) is 5.93. The predicted octanol–water partition coefficient (Wildman–Crippen LogP) is 3.88. The second kappa shape index (κ2) is 7.11. The van der Waals surface area contributed by atoms with Gasteiger partial charge in [0.25, 0.3) is 10.0 Å². The summed E-state index contributed by atoms with van der Waals surface area (Å²) in [5.41, 5.74) is 2.18. The minimum Gasteiger partial charge on any atom is -0.371 e. The molecule has 0 spiro atoms. The number of para-hydroxylation sites is 1. The monoisotopic (exact) mass is 355 g/mol. The number of nitrogens with zero attached hydrogens (tertiary/aromatic N) is 2. The van der Waals surface area contributed by atoms with Gasteiger partial charge in [0.15, 0.2) is 0 Å². The molecule has 3 rings (SSSR count). The summed E-state index contributed by atoms with van der Waals surface area (Å²) in [6.07, 6.45) is 1.72. The molecule has 0 saturated carbocycles. The highest BCUT2D eigenvalue weighted by atomic mass is 32.2. The predicted molar refractivity (Wildman–Crippen MR) is 103 cm³/mol. The minimum atomic E-state index is -3.65. The van der Waals surface area contributed by atoms with Gasteiger partial charge in [-0.25, -0.2) is 8.42 Å². The molecular weight excluding hydrogens is 334 g/mol. The van der Waals surface area contributed by atoms with Crippen LogP contribution in [0.2, 0.25) is 0 Å². The van der Waals surface area contributed by atoms with Crippen LogP contribution in [0.25, 0.3) is 10.9 Å². The van der Waals surface area contributed by atoms with E-state index in [0.717, 1.165) is 24.2 Å². The Morgan fingerprint density at radius 2 is 1.68 bits per heavy atom. The van der Waals surface area contributed by atoms with Gasteiger partial charge in [0, 0.05) is 30.4 Å². The molecule has 0 aliphatic heterocycles. The highest BCUT2D eigenvalue weighted by Crippen LogP contribution is 2.30. The molecule has 0 bridgehead atoms. The Balaban J connectivity index is 2.08. The van der Waals surface area contributed by atoms with Crippen molar-refractivity contribution in [2.24, 2.45) is 0 Å². The Kier molecular flexibility index (Phi) is 4.90. The maximum Gasteiger partial charge on any atom is 0.261 e. The normalized spacial score (nSPS) is 11.4. The lowest BCUT2D eigenvalue weighted by Crippen LogP contribution is -2.22. The summed E-state index contributed by atoms with van der Waals surface area (Å²) in [7, 11) is -3.65. The zero-order valence-electron chi connectivity index (χ0n) is 14.3. The fraction of sp³-hybridized carbons (Fsp3) is 0.211. The third-order valence-corrected chi connectivity index (χ3v) is 5.53. The van der Waals surface area contributed by atoms with Gasteiger partial charge < -0.3 is 4.90 Å². The van der Waals surface area contributed by atoms with Gasteiger partial charge in [-0.3, -0.25) is 9.71 Å². The first kappa shape index (κ1) is 17.2. The number of aromatic nitrogens is 1. The largest absolute Gasteiger partial charge is 0.371 e. The van der Waals surface area contributed by atoms with Crippen LogP contribution in [0.4, 0.5) is 11.4 Å². The number of benzene rings is 2. The molecule has 6 heteroatoms. The van der Waals surface area contributed by atoms with Gasteiger partial charge in [-0.1, -0.05) is 30.3 Å². The van der Waals surface area contributed by atoms with E-state index in [9.17, 15) is 8.42 Å². The zero-order chi connectivity index (χ0) is 17.9. The van der Waals surface area contributed by atoms with Crippen LogP contribution in [-0.4, -0.2) is 26.5 Å². The van der Waals surface area contributed by atoms with Gasteiger partial charge in [0.05, 0.1) is 16.1 Å². The van der Waals surface area contributed by atoms with Crippen molar-refractivity contribution in [2.75, 3.05) is 22.7 Å². The summed E-state index contributed by atoms with van der Waals surface area (Å²) in [5, 5.41) is 0.930. The van der Waals surface area contributed by atoms with Crippen LogP contribution >= 0.6 is 0 Å². The van der Waals surface area contributed by atoms with Gasteiger partial charge in [-0.2, -0.15) is 0 Å². The first-order chi connectivity index (χ1) is 12.1. The lowest BCUT2D eigenvalue weighted by atomic mass is 10.1. The lowest BCUT2D eigenvalue weighted by Gasteiger charge is -2.23. The summed E-state index contributed by atoms with van der Waals surface area (Å²) in [5.74, 6) is 0. The maximum absolute atomic E-state index is 12.6. The van der Waals surface area contributed by atoms with Gasteiger partial charge in [0.2, 0.25) is 0 Å². The van der Waals surface area contributed by atoms with Gasteiger partial charge in [0.1, 0.15) is 0 Å². The Morgan fingerprint density at radius 3 is 2.36 bits per heavy atom. The van der Waals surface area contributed by atoms with Crippen LogP contribution < -0.4 is 9.62 Å². The lowest BCUT2D eigenvalue weighted by molar-refractivity contribution is 0.601. The van der Waals surface area contributed by atoms with E-state index in [4.69, 9.17) is 0 Å². The van der Waals surface area contributed by atoms with E-state index in [1.165, 1.54) is 0 Å². The number of anilines is 2. The first-order valence-corrected chi connectivity index (χ1v) is 9.75. The first-order valence-electron chi connectivity index (χ1n) is 8.27. The van der Waals surface area contributed by atoms with Gasteiger partial charge in [-0.05, 0) is 38.1 Å². The third kappa shape index (κ3) is 3.44. The van der Waals surface area contributed by atoms with E-state index in [1.54, 1.807) is 42.6 Å². The van der Waals surface area contributed by atoms with Gasteiger partial charge >= 0.3 is 0 Å². The average molecular weight is 355 g/mol. The van der Waals surface area contributed by atoms with Crippen LogP contribution in [0.3, 0.4) is 0 Å². The second-order valence-electron chi connectivity index (χ2n) is 5.62. The van der Waals surface area contributed by atoms with Crippen LogP contribution in [0.15, 0.2) is 65.7 Å². The molecule has 3 aromatic rings. The molecular formula is C19H21N3O2S. The van der Waals surface area contributed by atoms with Crippen LogP contribution in [0.1, 0.15) is 13.8 Å². The number of sulfonamides is 1. The molecule has 1 N–H and O–H groups in total. The Morgan fingerprint density at radius 1 is 0.960 bits per heavy atom.